The Kier molecular flexibility index (Phi) is 3.22. The smallest absolute Gasteiger partial charge is 0.176 e. The number of nitrogens with zero attached hydrogens (tertiary/aromatic N) is 3. The lowest BCUT2D eigenvalue weighted by molar-refractivity contribution is -0.0950. The summed E-state index contributed by atoms with van der Waals surface area (Å²) in [6, 6.07) is 0. The minimum atomic E-state index is -1.80. The van der Waals surface area contributed by atoms with Gasteiger partial charge in [-0.05, 0) is 6.92 Å². The van der Waals surface area contributed by atoms with Crippen LogP contribution in [-0.2, 0) is 4.74 Å². The zero-order valence-corrected chi connectivity index (χ0v) is 11.5. The first-order valence-corrected chi connectivity index (χ1v) is 6.47. The Bertz CT molecular complexity index is 786. The van der Waals surface area contributed by atoms with Crippen molar-refractivity contribution in [1.29, 1.82) is 5.41 Å². The molecule has 0 unspecified atom stereocenters. The van der Waals surface area contributed by atoms with Crippen molar-refractivity contribution in [3.05, 3.63) is 23.8 Å². The van der Waals surface area contributed by atoms with E-state index in [0.29, 0.717) is 4.73 Å². The Morgan fingerprint density at radius 2 is 2.23 bits per heavy atom. The van der Waals surface area contributed by atoms with Crippen LogP contribution in [0.25, 0.3) is 11.0 Å². The molecule has 0 bridgehead atoms. The molecule has 1 saturated heterocycles. The Labute approximate surface area is 122 Å². The molecule has 10 heteroatoms. The fraction of sp³-hybridized carbons (Fsp3) is 0.500. The molecule has 1 fully saturated rings. The summed E-state index contributed by atoms with van der Waals surface area (Å²) in [4.78, 5) is 3.83. The van der Waals surface area contributed by atoms with Crippen LogP contribution in [0.1, 0.15) is 13.2 Å². The molecule has 2 aromatic rings. The van der Waals surface area contributed by atoms with Crippen LogP contribution < -0.4 is 5.49 Å². The summed E-state index contributed by atoms with van der Waals surface area (Å²) in [5.74, 6) is -0.836. The van der Waals surface area contributed by atoms with E-state index in [-0.39, 0.29) is 11.0 Å². The third kappa shape index (κ3) is 1.85. The highest BCUT2D eigenvalue weighted by molar-refractivity contribution is 5.75. The second kappa shape index (κ2) is 4.74. The van der Waals surface area contributed by atoms with E-state index in [4.69, 9.17) is 10.1 Å². The number of aromatic nitrogens is 3. The predicted octanol–water partition coefficient (Wildman–Crippen LogP) is -1.30. The topological polar surface area (TPSA) is 137 Å². The summed E-state index contributed by atoms with van der Waals surface area (Å²) >= 11 is 0. The molecule has 22 heavy (non-hydrogen) atoms. The second-order valence-corrected chi connectivity index (χ2v) is 5.40. The van der Waals surface area contributed by atoms with Crippen LogP contribution in [0.3, 0.4) is 0 Å². The summed E-state index contributed by atoms with van der Waals surface area (Å²) < 4.78 is 20.9. The van der Waals surface area contributed by atoms with Gasteiger partial charge in [0.25, 0.3) is 0 Å². The third-order valence-electron chi connectivity index (χ3n) is 3.90. The van der Waals surface area contributed by atoms with Crippen molar-refractivity contribution >= 4 is 11.0 Å². The van der Waals surface area contributed by atoms with Gasteiger partial charge in [-0.3, -0.25) is 9.98 Å². The number of ether oxygens (including phenoxy) is 1. The number of halogens is 1. The normalized spacial score (nSPS) is 32.0. The highest BCUT2D eigenvalue weighted by Crippen LogP contribution is 2.39. The standard InChI is InChI=1S/C12H15FN4O5/c1-12(20)8(19)6(3-18)22-11(12)16-2-5(13)7-9(14)17(21)4-15-10(7)16/h2,4,6,8,11,14,18-21H,3H2,1H3/t6-,8-,11-,12-/m1/s1. The number of nitrogens with one attached hydrogen (secondary N) is 1. The first kappa shape index (κ1) is 14.9. The van der Waals surface area contributed by atoms with Crippen molar-refractivity contribution in [2.24, 2.45) is 0 Å². The third-order valence-corrected chi connectivity index (χ3v) is 3.90. The van der Waals surface area contributed by atoms with Crippen molar-refractivity contribution in [2.45, 2.75) is 31.0 Å². The van der Waals surface area contributed by atoms with E-state index in [1.54, 1.807) is 0 Å². The first-order valence-electron chi connectivity index (χ1n) is 6.47. The van der Waals surface area contributed by atoms with E-state index < -0.39 is 41.9 Å². The first-order chi connectivity index (χ1) is 10.3. The van der Waals surface area contributed by atoms with Gasteiger partial charge in [-0.25, -0.2) is 9.37 Å². The van der Waals surface area contributed by atoms with E-state index >= 15 is 0 Å². The lowest BCUT2D eigenvalue weighted by atomic mass is 9.96. The molecule has 3 rings (SSSR count). The van der Waals surface area contributed by atoms with Crippen molar-refractivity contribution in [3.63, 3.8) is 0 Å². The van der Waals surface area contributed by atoms with Crippen molar-refractivity contribution in [1.82, 2.24) is 14.3 Å². The van der Waals surface area contributed by atoms with Crippen LogP contribution >= 0.6 is 0 Å². The second-order valence-electron chi connectivity index (χ2n) is 5.40. The number of aliphatic hydroxyl groups excluding tert-OH is 2. The van der Waals surface area contributed by atoms with E-state index in [2.05, 4.69) is 4.98 Å². The van der Waals surface area contributed by atoms with Crippen molar-refractivity contribution < 1.29 is 29.7 Å². The maximum absolute atomic E-state index is 14.1. The fourth-order valence-electron chi connectivity index (χ4n) is 2.68. The molecule has 1 aliphatic heterocycles. The number of hydrogen-bond acceptors (Lipinski definition) is 7. The molecule has 4 atom stereocenters. The van der Waals surface area contributed by atoms with Gasteiger partial charge in [0.1, 0.15) is 29.5 Å². The molecule has 0 aromatic carbocycles. The molecule has 0 saturated carbocycles. The maximum atomic E-state index is 14.1. The van der Waals surface area contributed by atoms with E-state index in [0.717, 1.165) is 17.1 Å². The highest BCUT2D eigenvalue weighted by Gasteiger charge is 2.53. The van der Waals surface area contributed by atoms with E-state index in [9.17, 15) is 24.9 Å². The summed E-state index contributed by atoms with van der Waals surface area (Å²) in [5, 5.41) is 46.3. The zero-order chi connectivity index (χ0) is 16.2. The average molecular weight is 314 g/mol. The molecule has 0 amide bonds. The van der Waals surface area contributed by atoms with Gasteiger partial charge >= 0.3 is 0 Å². The van der Waals surface area contributed by atoms with E-state index in [1.165, 1.54) is 6.92 Å². The summed E-state index contributed by atoms with van der Waals surface area (Å²) in [7, 11) is 0. The summed E-state index contributed by atoms with van der Waals surface area (Å²) in [6.07, 6.45) is -1.77. The Balaban J connectivity index is 2.20. The molecule has 9 nitrogen and oxygen atoms in total. The van der Waals surface area contributed by atoms with Crippen LogP contribution in [0.4, 0.5) is 4.39 Å². The van der Waals surface area contributed by atoms with Crippen LogP contribution in [0, 0.1) is 11.2 Å². The maximum Gasteiger partial charge on any atom is 0.176 e. The van der Waals surface area contributed by atoms with Gasteiger partial charge in [-0.2, -0.15) is 4.73 Å². The van der Waals surface area contributed by atoms with Crippen LogP contribution in [-0.4, -0.2) is 59.2 Å². The minimum absolute atomic E-state index is 0.0381. The quantitative estimate of drug-likeness (QED) is 0.437. The molecule has 3 heterocycles. The minimum Gasteiger partial charge on any atom is -0.425 e. The van der Waals surface area contributed by atoms with Gasteiger partial charge < -0.3 is 25.3 Å². The lowest BCUT2D eigenvalue weighted by Crippen LogP contribution is -2.44. The van der Waals surface area contributed by atoms with E-state index in [1.807, 2.05) is 0 Å². The van der Waals surface area contributed by atoms with Crippen molar-refractivity contribution in [2.75, 3.05) is 6.61 Å². The number of rotatable bonds is 2. The molecule has 120 valence electrons. The Morgan fingerprint density at radius 3 is 2.82 bits per heavy atom. The molecular weight excluding hydrogens is 299 g/mol. The molecule has 5 N–H and O–H groups in total. The van der Waals surface area contributed by atoms with Gasteiger partial charge in [0.05, 0.1) is 6.61 Å². The summed E-state index contributed by atoms with van der Waals surface area (Å²) in [5.41, 5.74) is -2.36. The Hall–Kier alpha value is -2.01. The SMILES string of the molecule is C[C@@]1(O)[C@H](O)[C@@H](CO)O[C@H]1n1cc(F)c2c(=N)n(O)cnc21. The number of fused-ring (bicyclic) bond motifs is 1. The highest BCUT2D eigenvalue weighted by atomic mass is 19.1. The van der Waals surface area contributed by atoms with Crippen molar-refractivity contribution in [3.8, 4) is 0 Å². The number of hydrogen-bond donors (Lipinski definition) is 5. The van der Waals surface area contributed by atoms with Gasteiger partial charge in [0.2, 0.25) is 0 Å². The zero-order valence-electron chi connectivity index (χ0n) is 11.5. The fourth-order valence-corrected chi connectivity index (χ4v) is 2.68. The van der Waals surface area contributed by atoms with Gasteiger partial charge in [-0.1, -0.05) is 0 Å². The summed E-state index contributed by atoms with van der Waals surface area (Å²) in [6.45, 7) is 0.766. The molecule has 0 spiro atoms. The lowest BCUT2D eigenvalue weighted by Gasteiger charge is -2.27. The monoisotopic (exact) mass is 314 g/mol. The molecule has 1 aliphatic rings. The number of aliphatic hydroxyl groups is 3. The Morgan fingerprint density at radius 1 is 1.55 bits per heavy atom. The van der Waals surface area contributed by atoms with Gasteiger partial charge in [0, 0.05) is 6.20 Å². The molecule has 0 radical (unpaired) electrons. The van der Waals surface area contributed by atoms with Crippen LogP contribution in [0.15, 0.2) is 12.5 Å². The molecule has 2 aromatic heterocycles. The molecular formula is C12H15FN4O5. The largest absolute Gasteiger partial charge is 0.425 e. The van der Waals surface area contributed by atoms with Crippen LogP contribution in [0.5, 0.6) is 0 Å². The average Bonchev–Trinajstić information content (AvgIpc) is 2.91. The predicted molar refractivity (Wildman–Crippen MR) is 68.3 cm³/mol. The molecule has 0 aliphatic carbocycles. The van der Waals surface area contributed by atoms with Gasteiger partial charge in [0.15, 0.2) is 23.2 Å². The van der Waals surface area contributed by atoms with Gasteiger partial charge in [-0.15, -0.1) is 0 Å². The van der Waals surface area contributed by atoms with Crippen LogP contribution in [0.2, 0.25) is 0 Å².